The first-order valence-electron chi connectivity index (χ1n) is 10.6. The summed E-state index contributed by atoms with van der Waals surface area (Å²) in [5.41, 5.74) is 1.93. The monoisotopic (exact) mass is 440 g/mol. The van der Waals surface area contributed by atoms with Crippen molar-refractivity contribution in [1.82, 2.24) is 0 Å². The highest BCUT2D eigenvalue weighted by Gasteiger charge is 2.70. The average Bonchev–Trinajstić information content (AvgIpc) is 3.50. The number of ketones is 2. The molecular formula is C26H20N2O3S. The summed E-state index contributed by atoms with van der Waals surface area (Å²) in [7, 11) is 0. The molecule has 1 aromatic heterocycles. The van der Waals surface area contributed by atoms with Crippen LogP contribution in [-0.4, -0.2) is 29.6 Å². The second-order valence-electron chi connectivity index (χ2n) is 8.52. The molecule has 158 valence electrons. The molecule has 3 aliphatic rings. The van der Waals surface area contributed by atoms with E-state index in [9.17, 15) is 14.4 Å². The number of hydrogen-bond donors (Lipinski definition) is 1. The zero-order valence-electron chi connectivity index (χ0n) is 17.3. The van der Waals surface area contributed by atoms with Gasteiger partial charge in [0.1, 0.15) is 11.5 Å². The van der Waals surface area contributed by atoms with Crippen molar-refractivity contribution in [2.45, 2.75) is 24.4 Å². The van der Waals surface area contributed by atoms with Crippen molar-refractivity contribution in [2.75, 3.05) is 10.2 Å². The molecule has 6 rings (SSSR count). The summed E-state index contributed by atoms with van der Waals surface area (Å²) < 4.78 is 0. The van der Waals surface area contributed by atoms with Crippen molar-refractivity contribution in [3.05, 3.63) is 88.1 Å². The molecule has 1 fully saturated rings. The molecule has 0 bridgehead atoms. The maximum absolute atomic E-state index is 14.0. The van der Waals surface area contributed by atoms with Gasteiger partial charge in [0.25, 0.3) is 0 Å². The van der Waals surface area contributed by atoms with Gasteiger partial charge >= 0.3 is 0 Å². The Morgan fingerprint density at radius 2 is 1.81 bits per heavy atom. The van der Waals surface area contributed by atoms with Gasteiger partial charge in [-0.05, 0) is 41.6 Å². The van der Waals surface area contributed by atoms with Gasteiger partial charge in [-0.1, -0.05) is 54.6 Å². The summed E-state index contributed by atoms with van der Waals surface area (Å²) >= 11 is 1.37. The van der Waals surface area contributed by atoms with Crippen molar-refractivity contribution in [3.8, 4) is 0 Å². The molecule has 32 heavy (non-hydrogen) atoms. The fourth-order valence-electron chi connectivity index (χ4n) is 5.89. The van der Waals surface area contributed by atoms with E-state index in [0.29, 0.717) is 10.6 Å². The number of nitrogens with zero attached hydrogens (tertiary/aromatic N) is 1. The third kappa shape index (κ3) is 2.30. The van der Waals surface area contributed by atoms with Gasteiger partial charge in [0.15, 0.2) is 11.6 Å². The molecule has 0 radical (unpaired) electrons. The summed E-state index contributed by atoms with van der Waals surface area (Å²) in [5.74, 6) is -1.25. The van der Waals surface area contributed by atoms with Crippen LogP contribution in [0, 0.1) is 5.92 Å². The minimum Gasteiger partial charge on any atom is -0.352 e. The van der Waals surface area contributed by atoms with Crippen molar-refractivity contribution < 1.29 is 14.4 Å². The number of benzene rings is 2. The predicted octanol–water partition coefficient (Wildman–Crippen LogP) is 4.31. The number of thiophene rings is 1. The standard InChI is InChI=1S/C26H20N2O3S/c1-15(29)24-26(17-8-3-4-9-18(17)27-25(26)31)22(23(30)21-11-6-14-32-21)20-13-12-16-7-2-5-10-19(16)28(20)24/h2-14,20,22,24H,1H3,(H,27,31)/t20?,22-,24+,26+/m1/s1. The molecule has 3 aliphatic heterocycles. The zero-order chi connectivity index (χ0) is 22.0. The van der Waals surface area contributed by atoms with Gasteiger partial charge < -0.3 is 10.2 Å². The lowest BCUT2D eigenvalue weighted by Gasteiger charge is -2.36. The summed E-state index contributed by atoms with van der Waals surface area (Å²) in [6, 6.07) is 17.7. The van der Waals surface area contributed by atoms with E-state index < -0.39 is 23.4 Å². The van der Waals surface area contributed by atoms with Crippen LogP contribution < -0.4 is 10.2 Å². The number of hydrogen-bond acceptors (Lipinski definition) is 5. The second kappa shape index (κ2) is 6.74. The van der Waals surface area contributed by atoms with Gasteiger partial charge in [0, 0.05) is 11.4 Å². The highest BCUT2D eigenvalue weighted by molar-refractivity contribution is 7.12. The van der Waals surface area contributed by atoms with Crippen molar-refractivity contribution >= 4 is 46.3 Å². The summed E-state index contributed by atoms with van der Waals surface area (Å²) in [5, 5.41) is 4.85. The lowest BCUT2D eigenvalue weighted by Crippen LogP contribution is -2.54. The third-order valence-electron chi connectivity index (χ3n) is 6.98. The summed E-state index contributed by atoms with van der Waals surface area (Å²) in [6.45, 7) is 1.52. The summed E-state index contributed by atoms with van der Waals surface area (Å²) in [6.07, 6.45) is 3.98. The van der Waals surface area contributed by atoms with Crippen LogP contribution in [0.3, 0.4) is 0 Å². The highest BCUT2D eigenvalue weighted by atomic mass is 32.1. The van der Waals surface area contributed by atoms with E-state index in [4.69, 9.17) is 0 Å². The van der Waals surface area contributed by atoms with Crippen LogP contribution in [0.2, 0.25) is 0 Å². The SMILES string of the molecule is CC(=O)[C@@H]1N2c3ccccc3C=CC2[C@H](C(=O)c2cccs2)[C@]12C(=O)Nc1ccccc12. The number of anilines is 2. The minimum atomic E-state index is -1.31. The Kier molecular flexibility index (Phi) is 4.04. The number of rotatable bonds is 3. The third-order valence-corrected chi connectivity index (χ3v) is 7.86. The molecular weight excluding hydrogens is 420 g/mol. The Morgan fingerprint density at radius 3 is 2.59 bits per heavy atom. The molecule has 2 aromatic carbocycles. The lowest BCUT2D eigenvalue weighted by atomic mass is 9.64. The first kappa shape index (κ1) is 19.2. The molecule has 1 unspecified atom stereocenters. The van der Waals surface area contributed by atoms with Crippen molar-refractivity contribution in [1.29, 1.82) is 0 Å². The van der Waals surface area contributed by atoms with Gasteiger partial charge in [-0.15, -0.1) is 11.3 Å². The van der Waals surface area contributed by atoms with Crippen molar-refractivity contribution in [3.63, 3.8) is 0 Å². The quantitative estimate of drug-likeness (QED) is 0.617. The van der Waals surface area contributed by atoms with Crippen LogP contribution in [0.15, 0.2) is 72.1 Å². The van der Waals surface area contributed by atoms with Gasteiger partial charge in [-0.2, -0.15) is 0 Å². The van der Waals surface area contributed by atoms with Crippen LogP contribution in [0.4, 0.5) is 11.4 Å². The first-order chi connectivity index (χ1) is 15.5. The molecule has 1 amide bonds. The van der Waals surface area contributed by atoms with E-state index in [2.05, 4.69) is 5.32 Å². The van der Waals surface area contributed by atoms with Crippen LogP contribution >= 0.6 is 11.3 Å². The van der Waals surface area contributed by atoms with E-state index >= 15 is 0 Å². The Bertz CT molecular complexity index is 1310. The van der Waals surface area contributed by atoms with Crippen molar-refractivity contribution in [2.24, 2.45) is 5.92 Å². The van der Waals surface area contributed by atoms with Gasteiger partial charge in [0.05, 0.1) is 16.8 Å². The molecule has 5 nitrogen and oxygen atoms in total. The van der Waals surface area contributed by atoms with Crippen LogP contribution in [0.1, 0.15) is 27.7 Å². The Balaban J connectivity index is 1.68. The van der Waals surface area contributed by atoms with E-state index in [-0.39, 0.29) is 17.5 Å². The number of carbonyl (C=O) groups is 3. The molecule has 3 aromatic rings. The van der Waals surface area contributed by atoms with Gasteiger partial charge in [0.2, 0.25) is 5.91 Å². The van der Waals surface area contributed by atoms with Gasteiger partial charge in [-0.3, -0.25) is 14.4 Å². The Hall–Kier alpha value is -3.51. The average molecular weight is 441 g/mol. The molecule has 1 saturated heterocycles. The molecule has 0 aliphatic carbocycles. The Morgan fingerprint density at radius 1 is 1.03 bits per heavy atom. The van der Waals surface area contributed by atoms with Crippen LogP contribution in [0.25, 0.3) is 6.08 Å². The first-order valence-corrected chi connectivity index (χ1v) is 11.5. The number of carbonyl (C=O) groups excluding carboxylic acids is 3. The molecule has 4 heterocycles. The smallest absolute Gasteiger partial charge is 0.238 e. The van der Waals surface area contributed by atoms with E-state index in [0.717, 1.165) is 16.8 Å². The number of amides is 1. The molecule has 1 N–H and O–H groups in total. The fraction of sp³-hybridized carbons (Fsp3) is 0.192. The van der Waals surface area contributed by atoms with Crippen LogP contribution in [0.5, 0.6) is 0 Å². The largest absolute Gasteiger partial charge is 0.352 e. The van der Waals surface area contributed by atoms with Crippen LogP contribution in [-0.2, 0) is 15.0 Å². The van der Waals surface area contributed by atoms with E-state index in [1.54, 1.807) is 6.07 Å². The summed E-state index contributed by atoms with van der Waals surface area (Å²) in [4.78, 5) is 43.8. The fourth-order valence-corrected chi connectivity index (χ4v) is 6.60. The maximum atomic E-state index is 14.0. The van der Waals surface area contributed by atoms with E-state index in [1.165, 1.54) is 18.3 Å². The molecule has 1 spiro atoms. The lowest BCUT2D eigenvalue weighted by molar-refractivity contribution is -0.127. The van der Waals surface area contributed by atoms with Gasteiger partial charge in [-0.25, -0.2) is 0 Å². The normalized spacial score (nSPS) is 27.1. The maximum Gasteiger partial charge on any atom is 0.238 e. The second-order valence-corrected chi connectivity index (χ2v) is 9.46. The topological polar surface area (TPSA) is 66.5 Å². The number of para-hydroxylation sites is 2. The number of nitrogens with one attached hydrogen (secondary N) is 1. The predicted molar refractivity (Wildman–Crippen MR) is 125 cm³/mol. The Labute approximate surface area is 189 Å². The minimum absolute atomic E-state index is 0.102. The highest BCUT2D eigenvalue weighted by Crippen LogP contribution is 2.57. The molecule has 4 atom stereocenters. The molecule has 0 saturated carbocycles. The van der Waals surface area contributed by atoms with E-state index in [1.807, 2.05) is 77.0 Å². The number of fused-ring (bicyclic) bond motifs is 5. The zero-order valence-corrected chi connectivity index (χ0v) is 18.1. The number of Topliss-reactive ketones (excluding diaryl/α,β-unsaturated/α-hetero) is 2. The molecule has 6 heteroatoms.